The summed E-state index contributed by atoms with van der Waals surface area (Å²) in [5.74, 6) is -1.90. The minimum Gasteiger partial charge on any atom is -0.550 e. The molecule has 2 aromatic rings. The summed E-state index contributed by atoms with van der Waals surface area (Å²) in [6, 6.07) is 5.29. The molecule has 5 nitrogen and oxygen atoms in total. The average Bonchev–Trinajstić information content (AvgIpc) is 2.90. The average molecular weight is 338 g/mol. The first kappa shape index (κ1) is 16.5. The van der Waals surface area contributed by atoms with Crippen LogP contribution < -0.4 is 10.4 Å². The second-order valence-electron chi connectivity index (χ2n) is 4.85. The molecule has 1 aromatic carbocycles. The van der Waals surface area contributed by atoms with Crippen molar-refractivity contribution in [1.82, 2.24) is 4.98 Å². The maximum Gasteiger partial charge on any atom is 0.234 e. The van der Waals surface area contributed by atoms with E-state index in [1.54, 1.807) is 30.5 Å². The highest BCUT2D eigenvalue weighted by Gasteiger charge is 2.19. The molecule has 1 atom stereocenters. The number of rotatable bonds is 5. The van der Waals surface area contributed by atoms with E-state index in [4.69, 9.17) is 11.6 Å². The molecular weight excluding hydrogens is 324 g/mol. The molecule has 116 valence electrons. The number of carboxylic acids is 1. The van der Waals surface area contributed by atoms with E-state index >= 15 is 0 Å². The molecule has 0 unspecified atom stereocenters. The Balaban J connectivity index is 2.10. The van der Waals surface area contributed by atoms with Crippen molar-refractivity contribution in [2.45, 2.75) is 26.2 Å². The first-order valence-electron chi connectivity index (χ1n) is 6.58. The lowest BCUT2D eigenvalue weighted by Crippen LogP contribution is -2.24. The number of carbonyl (C=O) groups excluding carboxylic acids is 2. The SMILES string of the molecule is Cc1c(Cl)cccc1NC(=O)[C@H](C)c1nc(CC(=O)[O-])cs1. The summed E-state index contributed by atoms with van der Waals surface area (Å²) in [6.07, 6.45) is -0.252. The van der Waals surface area contributed by atoms with Gasteiger partial charge in [-0.25, -0.2) is 4.98 Å². The van der Waals surface area contributed by atoms with Crippen LogP contribution in [0.3, 0.4) is 0 Å². The molecule has 0 saturated heterocycles. The van der Waals surface area contributed by atoms with Crippen LogP contribution in [-0.2, 0) is 16.0 Å². The van der Waals surface area contributed by atoms with E-state index < -0.39 is 11.9 Å². The molecule has 2 rings (SSSR count). The number of halogens is 1. The summed E-state index contributed by atoms with van der Waals surface area (Å²) in [5, 5.41) is 16.1. The first-order valence-corrected chi connectivity index (χ1v) is 7.84. The van der Waals surface area contributed by atoms with Crippen LogP contribution in [0.15, 0.2) is 23.6 Å². The van der Waals surface area contributed by atoms with Gasteiger partial charge in [-0.1, -0.05) is 17.7 Å². The standard InChI is InChI=1S/C15H15ClN2O3S/c1-8-11(16)4-3-5-12(8)18-14(21)9(2)15-17-10(7-22-15)6-13(19)20/h3-5,7,9H,6H2,1-2H3,(H,18,21)(H,19,20)/p-1/t9-/m0/s1. The second-order valence-corrected chi connectivity index (χ2v) is 6.15. The topological polar surface area (TPSA) is 82.1 Å². The van der Waals surface area contributed by atoms with Crippen molar-refractivity contribution in [2.75, 3.05) is 5.32 Å². The highest BCUT2D eigenvalue weighted by atomic mass is 35.5. The maximum atomic E-state index is 12.3. The molecule has 0 aliphatic carbocycles. The summed E-state index contributed by atoms with van der Waals surface area (Å²) in [7, 11) is 0. The lowest BCUT2D eigenvalue weighted by molar-refractivity contribution is -0.304. The fraction of sp³-hybridized carbons (Fsp3) is 0.267. The third-order valence-electron chi connectivity index (χ3n) is 3.18. The molecule has 0 spiro atoms. The van der Waals surface area contributed by atoms with Gasteiger partial charge in [-0.2, -0.15) is 0 Å². The van der Waals surface area contributed by atoms with Gasteiger partial charge in [0.25, 0.3) is 0 Å². The summed E-state index contributed by atoms with van der Waals surface area (Å²) in [5.41, 5.74) is 1.84. The van der Waals surface area contributed by atoms with Crippen LogP contribution >= 0.6 is 22.9 Å². The van der Waals surface area contributed by atoms with E-state index in [1.165, 1.54) is 11.3 Å². The number of nitrogens with one attached hydrogen (secondary N) is 1. The third kappa shape index (κ3) is 3.84. The highest BCUT2D eigenvalue weighted by Crippen LogP contribution is 2.26. The van der Waals surface area contributed by atoms with Gasteiger partial charge in [-0.05, 0) is 31.5 Å². The highest BCUT2D eigenvalue weighted by molar-refractivity contribution is 7.09. The molecule has 1 N–H and O–H groups in total. The summed E-state index contributed by atoms with van der Waals surface area (Å²) >= 11 is 7.28. The Labute approximate surface area is 137 Å². The van der Waals surface area contributed by atoms with Crippen molar-refractivity contribution in [1.29, 1.82) is 0 Å². The van der Waals surface area contributed by atoms with E-state index in [1.807, 2.05) is 6.92 Å². The number of hydrogen-bond donors (Lipinski definition) is 1. The van der Waals surface area contributed by atoms with E-state index in [2.05, 4.69) is 10.3 Å². The van der Waals surface area contributed by atoms with Gasteiger partial charge >= 0.3 is 0 Å². The molecule has 0 aliphatic heterocycles. The molecule has 0 fully saturated rings. The molecule has 7 heteroatoms. The van der Waals surface area contributed by atoms with E-state index in [9.17, 15) is 14.7 Å². The second kappa shape index (κ2) is 6.89. The number of anilines is 1. The van der Waals surface area contributed by atoms with Gasteiger partial charge in [0.2, 0.25) is 5.91 Å². The van der Waals surface area contributed by atoms with Crippen molar-refractivity contribution in [3.05, 3.63) is 44.9 Å². The Morgan fingerprint density at radius 2 is 2.18 bits per heavy atom. The van der Waals surface area contributed by atoms with Crippen LogP contribution in [0.2, 0.25) is 5.02 Å². The number of thiazole rings is 1. The summed E-state index contributed by atoms with van der Waals surface area (Å²) in [6.45, 7) is 3.54. The van der Waals surface area contributed by atoms with Crippen LogP contribution in [0.4, 0.5) is 5.69 Å². The van der Waals surface area contributed by atoms with E-state index in [0.29, 0.717) is 21.4 Å². The number of hydrogen-bond acceptors (Lipinski definition) is 5. The number of carbonyl (C=O) groups is 2. The molecule has 0 aliphatic rings. The van der Waals surface area contributed by atoms with Gasteiger partial charge in [0.1, 0.15) is 5.01 Å². The molecule has 0 radical (unpaired) electrons. The zero-order valence-electron chi connectivity index (χ0n) is 12.1. The predicted octanol–water partition coefficient (Wildman–Crippen LogP) is 2.14. The number of amides is 1. The Hall–Kier alpha value is -1.92. The minimum atomic E-state index is -1.19. The minimum absolute atomic E-state index is 0.222. The van der Waals surface area contributed by atoms with Crippen LogP contribution in [0, 0.1) is 6.92 Å². The monoisotopic (exact) mass is 337 g/mol. The van der Waals surface area contributed by atoms with E-state index in [0.717, 1.165) is 5.56 Å². The first-order chi connectivity index (χ1) is 10.4. The normalized spacial score (nSPS) is 12.0. The largest absolute Gasteiger partial charge is 0.550 e. The maximum absolute atomic E-state index is 12.3. The molecule has 22 heavy (non-hydrogen) atoms. The zero-order chi connectivity index (χ0) is 16.3. The van der Waals surface area contributed by atoms with Crippen LogP contribution in [-0.4, -0.2) is 16.9 Å². The number of aliphatic carboxylic acids is 1. The Morgan fingerprint density at radius 3 is 2.86 bits per heavy atom. The number of carboxylic acid groups (broad SMARTS) is 1. The smallest absolute Gasteiger partial charge is 0.234 e. The van der Waals surface area contributed by atoms with Crippen molar-refractivity contribution in [3.63, 3.8) is 0 Å². The van der Waals surface area contributed by atoms with Gasteiger partial charge in [-0.15, -0.1) is 11.3 Å². The number of benzene rings is 1. The molecule has 0 bridgehead atoms. The van der Waals surface area contributed by atoms with Crippen molar-refractivity contribution in [2.24, 2.45) is 0 Å². The quantitative estimate of drug-likeness (QED) is 0.906. The van der Waals surface area contributed by atoms with Crippen molar-refractivity contribution < 1.29 is 14.7 Å². The van der Waals surface area contributed by atoms with Crippen LogP contribution in [0.25, 0.3) is 0 Å². The molecule has 1 amide bonds. The molecule has 1 heterocycles. The fourth-order valence-electron chi connectivity index (χ4n) is 1.85. The van der Waals surface area contributed by atoms with Gasteiger partial charge in [0.05, 0.1) is 11.6 Å². The van der Waals surface area contributed by atoms with Gasteiger partial charge in [0.15, 0.2) is 0 Å². The third-order valence-corrected chi connectivity index (χ3v) is 4.67. The van der Waals surface area contributed by atoms with Gasteiger partial charge in [0, 0.05) is 28.5 Å². The van der Waals surface area contributed by atoms with Crippen molar-refractivity contribution >= 4 is 40.5 Å². The van der Waals surface area contributed by atoms with Crippen LogP contribution in [0.1, 0.15) is 29.1 Å². The molecule has 1 aromatic heterocycles. The fourth-order valence-corrected chi connectivity index (χ4v) is 2.90. The number of nitrogens with zero attached hydrogens (tertiary/aromatic N) is 1. The van der Waals surface area contributed by atoms with E-state index in [-0.39, 0.29) is 12.3 Å². The lowest BCUT2D eigenvalue weighted by atomic mass is 10.1. The lowest BCUT2D eigenvalue weighted by Gasteiger charge is -2.12. The summed E-state index contributed by atoms with van der Waals surface area (Å²) < 4.78 is 0. The summed E-state index contributed by atoms with van der Waals surface area (Å²) in [4.78, 5) is 27.0. The van der Waals surface area contributed by atoms with Gasteiger partial charge in [-0.3, -0.25) is 4.79 Å². The zero-order valence-corrected chi connectivity index (χ0v) is 13.6. The number of aromatic nitrogens is 1. The van der Waals surface area contributed by atoms with Crippen molar-refractivity contribution in [3.8, 4) is 0 Å². The van der Waals surface area contributed by atoms with Crippen LogP contribution in [0.5, 0.6) is 0 Å². The Kier molecular flexibility index (Phi) is 5.15. The molecular formula is C15H14ClN2O3S-. The Bertz CT molecular complexity index is 715. The predicted molar refractivity (Wildman–Crippen MR) is 84.1 cm³/mol. The van der Waals surface area contributed by atoms with Gasteiger partial charge < -0.3 is 15.2 Å². The Morgan fingerprint density at radius 1 is 1.45 bits per heavy atom. The molecule has 0 saturated carbocycles.